The number of carboxylic acids is 1. The zero-order valence-electron chi connectivity index (χ0n) is 5.57. The van der Waals surface area contributed by atoms with E-state index in [-0.39, 0.29) is 12.2 Å². The standard InChI is InChI=1S/C5H6FN3O2/c6-1-2-9-3-4(5(10)11)7-8-9/h3H,1-2H2,(H,10,11). The van der Waals surface area contributed by atoms with E-state index in [9.17, 15) is 9.18 Å². The van der Waals surface area contributed by atoms with E-state index in [2.05, 4.69) is 10.3 Å². The molecular weight excluding hydrogens is 153 g/mol. The van der Waals surface area contributed by atoms with E-state index in [4.69, 9.17) is 5.11 Å². The van der Waals surface area contributed by atoms with Gasteiger partial charge in [0.1, 0.15) is 6.67 Å². The molecule has 0 saturated carbocycles. The molecule has 0 aliphatic carbocycles. The fourth-order valence-electron chi connectivity index (χ4n) is 0.592. The van der Waals surface area contributed by atoms with Gasteiger partial charge in [-0.05, 0) is 0 Å². The van der Waals surface area contributed by atoms with Crippen LogP contribution in [0, 0.1) is 0 Å². The second kappa shape index (κ2) is 3.09. The van der Waals surface area contributed by atoms with Crippen LogP contribution in [0.3, 0.4) is 0 Å². The summed E-state index contributed by atoms with van der Waals surface area (Å²) in [6, 6.07) is 0. The molecule has 1 aromatic heterocycles. The number of carbonyl (C=O) groups is 1. The van der Waals surface area contributed by atoms with Crippen LogP contribution in [-0.4, -0.2) is 32.7 Å². The van der Waals surface area contributed by atoms with Crippen molar-refractivity contribution in [1.82, 2.24) is 15.0 Å². The number of aromatic carboxylic acids is 1. The van der Waals surface area contributed by atoms with E-state index in [1.165, 1.54) is 6.20 Å². The number of hydrogen-bond donors (Lipinski definition) is 1. The molecule has 1 aromatic rings. The van der Waals surface area contributed by atoms with Crippen LogP contribution >= 0.6 is 0 Å². The molecule has 0 bridgehead atoms. The van der Waals surface area contributed by atoms with Crippen LogP contribution in [0.5, 0.6) is 0 Å². The first kappa shape index (κ1) is 7.64. The molecule has 1 N–H and O–H groups in total. The smallest absolute Gasteiger partial charge is 0.358 e. The summed E-state index contributed by atoms with van der Waals surface area (Å²) < 4.78 is 12.8. The van der Waals surface area contributed by atoms with Crippen molar-refractivity contribution in [2.24, 2.45) is 0 Å². The minimum absolute atomic E-state index is 0.0419. The maximum absolute atomic E-state index is 11.7. The SMILES string of the molecule is O=C(O)c1cn(CCF)nn1. The molecular formula is C5H6FN3O2. The van der Waals surface area contributed by atoms with E-state index in [0.29, 0.717) is 0 Å². The molecule has 6 heteroatoms. The average Bonchev–Trinajstić information content (AvgIpc) is 2.37. The number of alkyl halides is 1. The van der Waals surface area contributed by atoms with Gasteiger partial charge in [-0.25, -0.2) is 13.9 Å². The fourth-order valence-corrected chi connectivity index (χ4v) is 0.592. The van der Waals surface area contributed by atoms with Crippen molar-refractivity contribution in [2.75, 3.05) is 6.67 Å². The Morgan fingerprint density at radius 1 is 1.82 bits per heavy atom. The Kier molecular flexibility index (Phi) is 2.15. The highest BCUT2D eigenvalue weighted by atomic mass is 19.1. The first-order valence-electron chi connectivity index (χ1n) is 2.93. The predicted octanol–water partition coefficient (Wildman–Crippen LogP) is -0.0542. The van der Waals surface area contributed by atoms with E-state index in [1.807, 2.05) is 0 Å². The Bertz CT molecular complexity index is 260. The van der Waals surface area contributed by atoms with Crippen molar-refractivity contribution < 1.29 is 14.3 Å². The number of nitrogens with zero attached hydrogens (tertiary/aromatic N) is 3. The molecule has 0 aliphatic rings. The Hall–Kier alpha value is -1.46. The van der Waals surface area contributed by atoms with Crippen molar-refractivity contribution in [1.29, 1.82) is 0 Å². The molecule has 60 valence electrons. The van der Waals surface area contributed by atoms with Gasteiger partial charge < -0.3 is 5.11 Å². The summed E-state index contributed by atoms with van der Waals surface area (Å²) in [5, 5.41) is 15.0. The molecule has 0 radical (unpaired) electrons. The van der Waals surface area contributed by atoms with Crippen molar-refractivity contribution >= 4 is 5.97 Å². The molecule has 11 heavy (non-hydrogen) atoms. The average molecular weight is 159 g/mol. The van der Waals surface area contributed by atoms with Gasteiger partial charge in [-0.1, -0.05) is 5.21 Å². The molecule has 0 atom stereocenters. The van der Waals surface area contributed by atoms with E-state index in [1.54, 1.807) is 0 Å². The third kappa shape index (κ3) is 1.73. The highest BCUT2D eigenvalue weighted by Crippen LogP contribution is 1.91. The van der Waals surface area contributed by atoms with Crippen molar-refractivity contribution in [3.05, 3.63) is 11.9 Å². The predicted molar refractivity (Wildman–Crippen MR) is 33.0 cm³/mol. The summed E-state index contributed by atoms with van der Waals surface area (Å²) in [6.07, 6.45) is 1.18. The van der Waals surface area contributed by atoms with Gasteiger partial charge >= 0.3 is 5.97 Å². The summed E-state index contributed by atoms with van der Waals surface area (Å²) in [7, 11) is 0. The molecule has 1 heterocycles. The zero-order chi connectivity index (χ0) is 8.27. The second-order valence-corrected chi connectivity index (χ2v) is 1.86. The van der Waals surface area contributed by atoms with Crippen LogP contribution in [0.2, 0.25) is 0 Å². The van der Waals surface area contributed by atoms with Crippen LogP contribution < -0.4 is 0 Å². The third-order valence-corrected chi connectivity index (χ3v) is 1.07. The van der Waals surface area contributed by atoms with Gasteiger partial charge in [-0.2, -0.15) is 0 Å². The number of aromatic nitrogens is 3. The summed E-state index contributed by atoms with van der Waals surface area (Å²) in [6.45, 7) is -0.539. The first-order chi connectivity index (χ1) is 5.24. The maximum Gasteiger partial charge on any atom is 0.358 e. The number of rotatable bonds is 3. The van der Waals surface area contributed by atoms with Gasteiger partial charge in [-0.3, -0.25) is 0 Å². The number of halogens is 1. The topological polar surface area (TPSA) is 68.0 Å². The van der Waals surface area contributed by atoms with Crippen molar-refractivity contribution in [3.63, 3.8) is 0 Å². The van der Waals surface area contributed by atoms with Crippen molar-refractivity contribution in [2.45, 2.75) is 6.54 Å². The van der Waals surface area contributed by atoms with Crippen LogP contribution in [0.15, 0.2) is 6.20 Å². The molecule has 0 saturated heterocycles. The summed E-state index contributed by atoms with van der Waals surface area (Å²) in [5.41, 5.74) is -0.168. The lowest BCUT2D eigenvalue weighted by molar-refractivity contribution is 0.0690. The van der Waals surface area contributed by atoms with Gasteiger partial charge in [0.2, 0.25) is 0 Å². The lowest BCUT2D eigenvalue weighted by Gasteiger charge is -1.89. The zero-order valence-corrected chi connectivity index (χ0v) is 5.57. The maximum atomic E-state index is 11.7. The first-order valence-corrected chi connectivity index (χ1v) is 2.93. The second-order valence-electron chi connectivity index (χ2n) is 1.86. The summed E-state index contributed by atoms with van der Waals surface area (Å²) in [5.74, 6) is -1.16. The molecule has 0 aromatic carbocycles. The number of carboxylic acid groups (broad SMARTS) is 1. The summed E-state index contributed by atoms with van der Waals surface area (Å²) in [4.78, 5) is 10.2. The largest absolute Gasteiger partial charge is 0.476 e. The number of hydrogen-bond acceptors (Lipinski definition) is 3. The van der Waals surface area contributed by atoms with Gasteiger partial charge in [-0.15, -0.1) is 5.10 Å². The third-order valence-electron chi connectivity index (χ3n) is 1.07. The van der Waals surface area contributed by atoms with E-state index >= 15 is 0 Å². The monoisotopic (exact) mass is 159 g/mol. The normalized spacial score (nSPS) is 9.91. The van der Waals surface area contributed by atoms with Crippen LogP contribution in [0.4, 0.5) is 4.39 Å². The van der Waals surface area contributed by atoms with E-state index < -0.39 is 12.6 Å². The van der Waals surface area contributed by atoms with Gasteiger partial charge in [0.15, 0.2) is 5.69 Å². The van der Waals surface area contributed by atoms with Crippen LogP contribution in [-0.2, 0) is 6.54 Å². The van der Waals surface area contributed by atoms with E-state index in [0.717, 1.165) is 4.68 Å². The van der Waals surface area contributed by atoms with Gasteiger partial charge in [0, 0.05) is 0 Å². The van der Waals surface area contributed by atoms with Gasteiger partial charge in [0.25, 0.3) is 0 Å². The van der Waals surface area contributed by atoms with Crippen molar-refractivity contribution in [3.8, 4) is 0 Å². The quantitative estimate of drug-likeness (QED) is 0.671. The van der Waals surface area contributed by atoms with Crippen LogP contribution in [0.1, 0.15) is 10.5 Å². The Labute approximate surface area is 61.4 Å². The van der Waals surface area contributed by atoms with Crippen LogP contribution in [0.25, 0.3) is 0 Å². The Morgan fingerprint density at radius 2 is 2.55 bits per heavy atom. The molecule has 0 spiro atoms. The lowest BCUT2D eigenvalue weighted by Crippen LogP contribution is -1.99. The minimum Gasteiger partial charge on any atom is -0.476 e. The molecule has 0 amide bonds. The summed E-state index contributed by atoms with van der Waals surface area (Å²) >= 11 is 0. The molecule has 5 nitrogen and oxygen atoms in total. The Morgan fingerprint density at radius 3 is 3.00 bits per heavy atom. The highest BCUT2D eigenvalue weighted by molar-refractivity contribution is 5.84. The minimum atomic E-state index is -1.16. The lowest BCUT2D eigenvalue weighted by atomic mass is 10.5. The highest BCUT2D eigenvalue weighted by Gasteiger charge is 2.06. The fraction of sp³-hybridized carbons (Fsp3) is 0.400. The molecule has 0 unspecified atom stereocenters. The molecule has 0 fully saturated rings. The molecule has 1 rings (SSSR count). The molecule has 0 aliphatic heterocycles. The van der Waals surface area contributed by atoms with Gasteiger partial charge in [0.05, 0.1) is 12.7 Å². The number of aryl methyl sites for hydroxylation is 1. The Balaban J connectivity index is 2.73.